The first-order valence-electron chi connectivity index (χ1n) is 10.5. The van der Waals surface area contributed by atoms with Crippen molar-refractivity contribution in [3.05, 3.63) is 92.8 Å². The van der Waals surface area contributed by atoms with Crippen molar-refractivity contribution in [2.24, 2.45) is 0 Å². The largest absolute Gasteiger partial charge is 0.461 e. The summed E-state index contributed by atoms with van der Waals surface area (Å²) in [7, 11) is 0. The second-order valence-electron chi connectivity index (χ2n) is 7.96. The molecule has 0 bridgehead atoms. The van der Waals surface area contributed by atoms with Crippen molar-refractivity contribution >= 4 is 22.6 Å². The van der Waals surface area contributed by atoms with E-state index in [1.54, 1.807) is 16.8 Å². The van der Waals surface area contributed by atoms with E-state index in [0.29, 0.717) is 5.02 Å². The van der Waals surface area contributed by atoms with E-state index in [2.05, 4.69) is 11.1 Å². The lowest BCUT2D eigenvalue weighted by molar-refractivity contribution is 0.538. The predicted octanol–water partition coefficient (Wildman–Crippen LogP) is 5.69. The molecule has 0 radical (unpaired) electrons. The van der Waals surface area contributed by atoms with Gasteiger partial charge in [0.15, 0.2) is 0 Å². The number of hydrogen-bond donors (Lipinski definition) is 0. The Hall–Kier alpha value is -2.85. The first-order valence-corrected chi connectivity index (χ1v) is 10.9. The molecule has 1 aliphatic rings. The van der Waals surface area contributed by atoms with E-state index in [4.69, 9.17) is 16.0 Å². The Bertz CT molecular complexity index is 1250. The smallest absolute Gasteiger partial charge is 0.255 e. The van der Waals surface area contributed by atoms with E-state index in [1.807, 2.05) is 36.5 Å². The summed E-state index contributed by atoms with van der Waals surface area (Å²) in [6.45, 7) is 0. The third-order valence-corrected chi connectivity index (χ3v) is 6.13. The monoisotopic (exact) mass is 418 g/mol. The number of nitrogens with zero attached hydrogens (tertiary/aromatic N) is 2. The third-order valence-electron chi connectivity index (χ3n) is 5.91. The standard InChI is InChI=1S/C25H23ClN2O2/c26-18-7-9-19(27-16-18)8-6-17-12-13-28(25(29)14-17)20-10-11-22-21-4-2-1-3-5-23(21)30-24(22)15-20/h7,9-16H,1-6,8H2. The molecule has 3 heterocycles. The van der Waals surface area contributed by atoms with E-state index in [9.17, 15) is 4.79 Å². The van der Waals surface area contributed by atoms with Gasteiger partial charge < -0.3 is 4.42 Å². The first kappa shape index (κ1) is 19.1. The van der Waals surface area contributed by atoms with Gasteiger partial charge in [-0.2, -0.15) is 0 Å². The predicted molar refractivity (Wildman–Crippen MR) is 120 cm³/mol. The van der Waals surface area contributed by atoms with Crippen LogP contribution in [0.5, 0.6) is 0 Å². The van der Waals surface area contributed by atoms with Crippen LogP contribution < -0.4 is 5.56 Å². The lowest BCUT2D eigenvalue weighted by Gasteiger charge is -2.08. The molecular weight excluding hydrogens is 396 g/mol. The van der Waals surface area contributed by atoms with Crippen LogP contribution in [-0.2, 0) is 25.7 Å². The molecule has 5 heteroatoms. The molecule has 0 saturated carbocycles. The molecule has 1 aliphatic carbocycles. The van der Waals surface area contributed by atoms with Gasteiger partial charge in [-0.3, -0.25) is 14.3 Å². The van der Waals surface area contributed by atoms with Crippen molar-refractivity contribution in [3.63, 3.8) is 0 Å². The van der Waals surface area contributed by atoms with Crippen LogP contribution in [0.2, 0.25) is 5.02 Å². The highest BCUT2D eigenvalue weighted by atomic mass is 35.5. The van der Waals surface area contributed by atoms with Gasteiger partial charge in [0.1, 0.15) is 11.3 Å². The van der Waals surface area contributed by atoms with Gasteiger partial charge in [0.25, 0.3) is 5.56 Å². The molecule has 0 aliphatic heterocycles. The van der Waals surface area contributed by atoms with Crippen molar-refractivity contribution in [3.8, 4) is 5.69 Å². The lowest BCUT2D eigenvalue weighted by Crippen LogP contribution is -2.17. The van der Waals surface area contributed by atoms with Crippen molar-refractivity contribution < 1.29 is 4.42 Å². The van der Waals surface area contributed by atoms with Gasteiger partial charge in [-0.05, 0) is 68.0 Å². The Kier molecular flexibility index (Phi) is 5.17. The van der Waals surface area contributed by atoms with Gasteiger partial charge in [-0.15, -0.1) is 0 Å². The molecule has 4 nitrogen and oxygen atoms in total. The fourth-order valence-electron chi connectivity index (χ4n) is 4.29. The second-order valence-corrected chi connectivity index (χ2v) is 8.39. The summed E-state index contributed by atoms with van der Waals surface area (Å²) < 4.78 is 7.84. The van der Waals surface area contributed by atoms with Crippen molar-refractivity contribution in [2.45, 2.75) is 44.9 Å². The first-order chi connectivity index (χ1) is 14.7. The topological polar surface area (TPSA) is 48.0 Å². The molecule has 0 N–H and O–H groups in total. The van der Waals surface area contributed by atoms with Gasteiger partial charge in [0.05, 0.1) is 10.7 Å². The summed E-state index contributed by atoms with van der Waals surface area (Å²) in [5.74, 6) is 1.12. The molecule has 3 aromatic heterocycles. The highest BCUT2D eigenvalue weighted by molar-refractivity contribution is 6.30. The molecule has 0 atom stereocenters. The fraction of sp³-hybridized carbons (Fsp3) is 0.280. The minimum Gasteiger partial charge on any atom is -0.461 e. The molecule has 30 heavy (non-hydrogen) atoms. The molecule has 0 fully saturated rings. The highest BCUT2D eigenvalue weighted by Crippen LogP contribution is 2.32. The summed E-state index contributed by atoms with van der Waals surface area (Å²) in [5.41, 5.74) is 4.99. The number of aryl methyl sites for hydroxylation is 4. The summed E-state index contributed by atoms with van der Waals surface area (Å²) in [4.78, 5) is 17.1. The Morgan fingerprint density at radius 3 is 2.73 bits per heavy atom. The number of pyridine rings is 2. The van der Waals surface area contributed by atoms with Crippen LogP contribution in [0, 0.1) is 0 Å². The Labute approximate surface area is 180 Å². The Morgan fingerprint density at radius 2 is 1.90 bits per heavy atom. The van der Waals surface area contributed by atoms with Gasteiger partial charge in [-0.1, -0.05) is 18.0 Å². The molecule has 4 aromatic rings. The maximum Gasteiger partial charge on any atom is 0.255 e. The van der Waals surface area contributed by atoms with Crippen molar-refractivity contribution in [1.82, 2.24) is 9.55 Å². The molecule has 1 aromatic carbocycles. The summed E-state index contributed by atoms with van der Waals surface area (Å²) in [5, 5.41) is 1.82. The maximum atomic E-state index is 12.8. The zero-order chi connectivity index (χ0) is 20.5. The SMILES string of the molecule is O=c1cc(CCc2ccc(Cl)cn2)ccn1-c1ccc2c3c(oc2c1)CCCCC3. The Morgan fingerprint density at radius 1 is 1.00 bits per heavy atom. The maximum absolute atomic E-state index is 12.8. The molecule has 5 rings (SSSR count). The van der Waals surface area contributed by atoms with Crippen molar-refractivity contribution in [1.29, 1.82) is 0 Å². The average molecular weight is 419 g/mol. The summed E-state index contributed by atoms with van der Waals surface area (Å²) in [6.07, 6.45) is 10.8. The van der Waals surface area contributed by atoms with Crippen LogP contribution in [0.3, 0.4) is 0 Å². The average Bonchev–Trinajstić information content (AvgIpc) is 2.93. The molecule has 0 unspecified atom stereocenters. The fourth-order valence-corrected chi connectivity index (χ4v) is 4.41. The minimum absolute atomic E-state index is 0.0379. The third kappa shape index (κ3) is 3.80. The summed E-state index contributed by atoms with van der Waals surface area (Å²) >= 11 is 5.89. The van der Waals surface area contributed by atoms with Crippen LogP contribution in [0.1, 0.15) is 41.8 Å². The van der Waals surface area contributed by atoms with Gasteiger partial charge in [-0.25, -0.2) is 0 Å². The number of rotatable bonds is 4. The van der Waals surface area contributed by atoms with Crippen LogP contribution in [-0.4, -0.2) is 9.55 Å². The van der Waals surface area contributed by atoms with Crippen molar-refractivity contribution in [2.75, 3.05) is 0 Å². The number of benzene rings is 1. The summed E-state index contributed by atoms with van der Waals surface area (Å²) in [6, 6.07) is 13.6. The zero-order valence-corrected chi connectivity index (χ0v) is 17.5. The van der Waals surface area contributed by atoms with Crippen LogP contribution in [0.4, 0.5) is 0 Å². The van der Waals surface area contributed by atoms with Crippen LogP contribution in [0.25, 0.3) is 16.7 Å². The van der Waals surface area contributed by atoms with Gasteiger partial charge in [0.2, 0.25) is 0 Å². The van der Waals surface area contributed by atoms with E-state index in [-0.39, 0.29) is 5.56 Å². The quantitative estimate of drug-likeness (QED) is 0.400. The number of aromatic nitrogens is 2. The molecule has 0 saturated heterocycles. The molecule has 152 valence electrons. The molecule has 0 spiro atoms. The van der Waals surface area contributed by atoms with Crippen LogP contribution in [0.15, 0.2) is 64.1 Å². The number of furan rings is 1. The Balaban J connectivity index is 1.39. The van der Waals surface area contributed by atoms with E-state index >= 15 is 0 Å². The van der Waals surface area contributed by atoms with Crippen LogP contribution >= 0.6 is 11.6 Å². The van der Waals surface area contributed by atoms with E-state index in [1.165, 1.54) is 30.2 Å². The number of halogens is 1. The molecular formula is C25H23ClN2O2. The number of hydrogen-bond acceptors (Lipinski definition) is 3. The van der Waals surface area contributed by atoms with Gasteiger partial charge in [0, 0.05) is 47.6 Å². The van der Waals surface area contributed by atoms with E-state index < -0.39 is 0 Å². The minimum atomic E-state index is -0.0379. The molecule has 0 amide bonds. The normalized spacial score (nSPS) is 13.9. The number of fused-ring (bicyclic) bond motifs is 3. The second kappa shape index (κ2) is 8.11. The highest BCUT2D eigenvalue weighted by Gasteiger charge is 2.17. The van der Waals surface area contributed by atoms with E-state index in [0.717, 1.165) is 54.0 Å². The zero-order valence-electron chi connectivity index (χ0n) is 16.7. The lowest BCUT2D eigenvalue weighted by atomic mass is 10.1. The van der Waals surface area contributed by atoms with Gasteiger partial charge >= 0.3 is 0 Å².